The van der Waals surface area contributed by atoms with Crippen molar-refractivity contribution in [2.75, 3.05) is 13.6 Å². The van der Waals surface area contributed by atoms with Gasteiger partial charge in [-0.3, -0.25) is 4.98 Å². The third-order valence-corrected chi connectivity index (χ3v) is 3.67. The Morgan fingerprint density at radius 3 is 2.79 bits per heavy atom. The van der Waals surface area contributed by atoms with Crippen LogP contribution < -0.4 is 5.32 Å². The van der Waals surface area contributed by atoms with Crippen LogP contribution in [-0.4, -0.2) is 18.6 Å². The molecule has 19 heavy (non-hydrogen) atoms. The van der Waals surface area contributed by atoms with Crippen LogP contribution in [-0.2, 0) is 6.42 Å². The lowest BCUT2D eigenvalue weighted by molar-refractivity contribution is 0.625. The molecule has 0 fully saturated rings. The van der Waals surface area contributed by atoms with Gasteiger partial charge in [0.15, 0.2) is 0 Å². The van der Waals surface area contributed by atoms with E-state index in [1.54, 1.807) is 12.4 Å². The Hall–Kier alpha value is -1.09. The molecule has 1 unspecified atom stereocenters. The van der Waals surface area contributed by atoms with Crippen molar-refractivity contribution in [3.63, 3.8) is 0 Å². The summed E-state index contributed by atoms with van der Waals surface area (Å²) in [6, 6.07) is 9.95. The first kappa shape index (κ1) is 14.3. The van der Waals surface area contributed by atoms with Gasteiger partial charge in [-0.25, -0.2) is 0 Å². The summed E-state index contributed by atoms with van der Waals surface area (Å²) < 4.78 is 0. The number of rotatable bonds is 5. The molecule has 1 aromatic heterocycles. The highest BCUT2D eigenvalue weighted by atomic mass is 35.5. The topological polar surface area (TPSA) is 24.9 Å². The molecule has 0 saturated heterocycles. The Labute approximate surface area is 123 Å². The maximum absolute atomic E-state index is 6.18. The van der Waals surface area contributed by atoms with E-state index in [-0.39, 0.29) is 0 Å². The summed E-state index contributed by atoms with van der Waals surface area (Å²) in [5.41, 5.74) is 2.33. The zero-order chi connectivity index (χ0) is 13.7. The Kier molecular flexibility index (Phi) is 5.20. The van der Waals surface area contributed by atoms with Gasteiger partial charge in [-0.2, -0.15) is 0 Å². The quantitative estimate of drug-likeness (QED) is 0.904. The summed E-state index contributed by atoms with van der Waals surface area (Å²) in [4.78, 5) is 4.02. The molecule has 4 heteroatoms. The van der Waals surface area contributed by atoms with E-state index < -0.39 is 0 Å². The number of hydrogen-bond acceptors (Lipinski definition) is 2. The van der Waals surface area contributed by atoms with Gasteiger partial charge >= 0.3 is 0 Å². The van der Waals surface area contributed by atoms with Crippen molar-refractivity contribution in [3.8, 4) is 0 Å². The molecule has 0 aliphatic rings. The van der Waals surface area contributed by atoms with Crippen LogP contribution >= 0.6 is 23.2 Å². The molecule has 2 nitrogen and oxygen atoms in total. The standard InChI is InChI=1S/C15H16Cl2N2/c1-18-9-13(11-3-2-4-14(16)8-11)7-12-5-6-19-10-15(12)17/h2-6,8,10,13,18H,7,9H2,1H3. The fourth-order valence-corrected chi connectivity index (χ4v) is 2.55. The predicted molar refractivity (Wildman–Crippen MR) is 81.1 cm³/mol. The molecule has 0 aliphatic carbocycles. The van der Waals surface area contributed by atoms with E-state index in [0.29, 0.717) is 10.9 Å². The van der Waals surface area contributed by atoms with Crippen LogP contribution in [0.25, 0.3) is 0 Å². The average molecular weight is 295 g/mol. The highest BCUT2D eigenvalue weighted by Crippen LogP contribution is 2.25. The maximum atomic E-state index is 6.18. The molecule has 0 bridgehead atoms. The molecule has 0 spiro atoms. The van der Waals surface area contributed by atoms with Gasteiger partial charge in [0.1, 0.15) is 0 Å². The zero-order valence-corrected chi connectivity index (χ0v) is 12.2. The van der Waals surface area contributed by atoms with Gasteiger partial charge in [0.25, 0.3) is 0 Å². The van der Waals surface area contributed by atoms with E-state index in [9.17, 15) is 0 Å². The molecule has 2 rings (SSSR count). The fraction of sp³-hybridized carbons (Fsp3) is 0.267. The van der Waals surface area contributed by atoms with E-state index in [1.165, 1.54) is 5.56 Å². The molecule has 100 valence electrons. The SMILES string of the molecule is CNCC(Cc1ccncc1Cl)c1cccc(Cl)c1. The van der Waals surface area contributed by atoms with Crippen LogP contribution in [0, 0.1) is 0 Å². The second-order valence-corrected chi connectivity index (χ2v) is 5.32. The minimum Gasteiger partial charge on any atom is -0.319 e. The Balaban J connectivity index is 2.24. The zero-order valence-electron chi connectivity index (χ0n) is 10.7. The van der Waals surface area contributed by atoms with Crippen LogP contribution in [0.4, 0.5) is 0 Å². The number of nitrogens with one attached hydrogen (secondary N) is 1. The predicted octanol–water partition coefficient (Wildman–Crippen LogP) is 3.93. The lowest BCUT2D eigenvalue weighted by Crippen LogP contribution is -2.19. The molecule has 0 aliphatic heterocycles. The summed E-state index contributed by atoms with van der Waals surface area (Å²) in [6.07, 6.45) is 4.32. The summed E-state index contributed by atoms with van der Waals surface area (Å²) >= 11 is 12.2. The van der Waals surface area contributed by atoms with Crippen molar-refractivity contribution in [1.29, 1.82) is 0 Å². The van der Waals surface area contributed by atoms with E-state index in [0.717, 1.165) is 23.6 Å². The van der Waals surface area contributed by atoms with E-state index in [4.69, 9.17) is 23.2 Å². The van der Waals surface area contributed by atoms with Crippen molar-refractivity contribution in [3.05, 3.63) is 63.9 Å². The van der Waals surface area contributed by atoms with Crippen molar-refractivity contribution in [1.82, 2.24) is 10.3 Å². The second-order valence-electron chi connectivity index (χ2n) is 4.48. The monoisotopic (exact) mass is 294 g/mol. The molecule has 0 radical (unpaired) electrons. The number of pyridine rings is 1. The number of hydrogen-bond donors (Lipinski definition) is 1. The number of halogens is 2. The molecule has 1 heterocycles. The highest BCUT2D eigenvalue weighted by Gasteiger charge is 2.13. The molecule has 0 amide bonds. The average Bonchev–Trinajstić information content (AvgIpc) is 2.40. The molecule has 0 saturated carbocycles. The van der Waals surface area contributed by atoms with Gasteiger partial charge < -0.3 is 5.32 Å². The van der Waals surface area contributed by atoms with Crippen LogP contribution in [0.2, 0.25) is 10.0 Å². The van der Waals surface area contributed by atoms with Crippen molar-refractivity contribution in [2.45, 2.75) is 12.3 Å². The maximum Gasteiger partial charge on any atom is 0.0621 e. The van der Waals surface area contributed by atoms with E-state index in [1.807, 2.05) is 31.3 Å². The number of aromatic nitrogens is 1. The molecule has 2 aromatic rings. The van der Waals surface area contributed by atoms with E-state index >= 15 is 0 Å². The first-order chi connectivity index (χ1) is 9.20. The Morgan fingerprint density at radius 1 is 1.26 bits per heavy atom. The number of nitrogens with zero attached hydrogens (tertiary/aromatic N) is 1. The van der Waals surface area contributed by atoms with Gasteiger partial charge in [0.2, 0.25) is 0 Å². The lowest BCUT2D eigenvalue weighted by Gasteiger charge is -2.18. The molecular formula is C15H16Cl2N2. The first-order valence-corrected chi connectivity index (χ1v) is 6.94. The van der Waals surface area contributed by atoms with Crippen molar-refractivity contribution >= 4 is 23.2 Å². The summed E-state index contributed by atoms with van der Waals surface area (Å²) in [7, 11) is 1.95. The molecule has 1 N–H and O–H groups in total. The van der Waals surface area contributed by atoms with Gasteiger partial charge in [-0.05, 0) is 42.8 Å². The lowest BCUT2D eigenvalue weighted by atomic mass is 9.92. The summed E-state index contributed by atoms with van der Waals surface area (Å²) in [5.74, 6) is 0.337. The number of benzene rings is 1. The van der Waals surface area contributed by atoms with Crippen molar-refractivity contribution in [2.24, 2.45) is 0 Å². The fourth-order valence-electron chi connectivity index (χ4n) is 2.15. The third-order valence-electron chi connectivity index (χ3n) is 3.09. The third kappa shape index (κ3) is 3.93. The smallest absolute Gasteiger partial charge is 0.0621 e. The highest BCUT2D eigenvalue weighted by molar-refractivity contribution is 6.31. The Bertz CT molecular complexity index is 543. The van der Waals surface area contributed by atoms with Crippen LogP contribution in [0.5, 0.6) is 0 Å². The summed E-state index contributed by atoms with van der Waals surface area (Å²) in [5, 5.41) is 4.70. The molecular weight excluding hydrogens is 279 g/mol. The summed E-state index contributed by atoms with van der Waals surface area (Å²) in [6.45, 7) is 0.874. The van der Waals surface area contributed by atoms with Crippen LogP contribution in [0.3, 0.4) is 0 Å². The van der Waals surface area contributed by atoms with Gasteiger partial charge in [-0.1, -0.05) is 35.3 Å². The number of likely N-dealkylation sites (N-methyl/N-ethyl adjacent to an activating group) is 1. The minimum atomic E-state index is 0.337. The van der Waals surface area contributed by atoms with Crippen molar-refractivity contribution < 1.29 is 0 Å². The minimum absolute atomic E-state index is 0.337. The van der Waals surface area contributed by atoms with Gasteiger partial charge in [0.05, 0.1) is 5.02 Å². The first-order valence-electron chi connectivity index (χ1n) is 6.19. The molecule has 1 atom stereocenters. The second kappa shape index (κ2) is 6.90. The van der Waals surface area contributed by atoms with Crippen LogP contribution in [0.15, 0.2) is 42.7 Å². The normalized spacial score (nSPS) is 12.4. The van der Waals surface area contributed by atoms with E-state index in [2.05, 4.69) is 16.4 Å². The van der Waals surface area contributed by atoms with Gasteiger partial charge in [0, 0.05) is 29.9 Å². The largest absolute Gasteiger partial charge is 0.319 e. The van der Waals surface area contributed by atoms with Crippen LogP contribution in [0.1, 0.15) is 17.0 Å². The Morgan fingerprint density at radius 2 is 2.11 bits per heavy atom. The van der Waals surface area contributed by atoms with Gasteiger partial charge in [-0.15, -0.1) is 0 Å². The molecule has 1 aromatic carbocycles.